The molecule has 5 nitrogen and oxygen atoms in total. The minimum Gasteiger partial charge on any atom is -0.481 e. The van der Waals surface area contributed by atoms with Crippen LogP contribution in [0, 0.1) is 5.92 Å². The van der Waals surface area contributed by atoms with E-state index in [1.165, 1.54) is 11.8 Å². The zero-order valence-corrected chi connectivity index (χ0v) is 9.58. The van der Waals surface area contributed by atoms with E-state index in [1.54, 1.807) is 6.92 Å². The maximum absolute atomic E-state index is 10.5. The lowest BCUT2D eigenvalue weighted by Crippen LogP contribution is -2.11. The normalized spacial score (nSPS) is 12.7. The van der Waals surface area contributed by atoms with Crippen molar-refractivity contribution in [1.82, 2.24) is 10.2 Å². The molecule has 0 aliphatic heterocycles. The fourth-order valence-electron chi connectivity index (χ4n) is 0.884. The Morgan fingerprint density at radius 1 is 1.53 bits per heavy atom. The van der Waals surface area contributed by atoms with Crippen LogP contribution in [-0.4, -0.2) is 27.0 Å². The summed E-state index contributed by atoms with van der Waals surface area (Å²) < 4.78 is 5.28. The summed E-state index contributed by atoms with van der Waals surface area (Å²) in [6.07, 6.45) is 0.725. The summed E-state index contributed by atoms with van der Waals surface area (Å²) in [6.45, 7) is 3.62. The van der Waals surface area contributed by atoms with E-state index in [9.17, 15) is 4.79 Å². The molecule has 6 heteroatoms. The maximum atomic E-state index is 10.5. The largest absolute Gasteiger partial charge is 0.481 e. The number of aryl methyl sites for hydroxylation is 1. The van der Waals surface area contributed by atoms with E-state index in [-0.39, 0.29) is 5.92 Å². The highest BCUT2D eigenvalue weighted by atomic mass is 32.2. The Balaban J connectivity index is 2.28. The molecule has 15 heavy (non-hydrogen) atoms. The molecule has 0 aromatic carbocycles. The standard InChI is InChI=1S/C9H14N2O3S/c1-3-7-10-11-8(14-7)5-15-4-6(2)9(12)13/h6H,3-5H2,1-2H3,(H,12,13). The second kappa shape index (κ2) is 5.75. The summed E-state index contributed by atoms with van der Waals surface area (Å²) >= 11 is 1.49. The van der Waals surface area contributed by atoms with E-state index >= 15 is 0 Å². The molecule has 0 saturated carbocycles. The van der Waals surface area contributed by atoms with Crippen LogP contribution in [0.5, 0.6) is 0 Å². The number of aliphatic carboxylic acids is 1. The molecule has 0 aliphatic rings. The summed E-state index contributed by atoms with van der Waals surface area (Å²) in [4.78, 5) is 10.5. The van der Waals surface area contributed by atoms with Crippen LogP contribution in [0.15, 0.2) is 4.42 Å². The number of carboxylic acid groups (broad SMARTS) is 1. The molecule has 0 fully saturated rings. The summed E-state index contributed by atoms with van der Waals surface area (Å²) in [5.74, 6) is 1.20. The molecule has 0 spiro atoms. The molecule has 0 aliphatic carbocycles. The number of carbonyl (C=O) groups is 1. The molecule has 1 aromatic heterocycles. The maximum Gasteiger partial charge on any atom is 0.307 e. The quantitative estimate of drug-likeness (QED) is 0.799. The van der Waals surface area contributed by atoms with Gasteiger partial charge in [0.1, 0.15) is 0 Å². The fourth-order valence-corrected chi connectivity index (χ4v) is 1.79. The summed E-state index contributed by atoms with van der Waals surface area (Å²) in [6, 6.07) is 0. The van der Waals surface area contributed by atoms with Gasteiger partial charge in [-0.3, -0.25) is 4.79 Å². The van der Waals surface area contributed by atoms with Crippen LogP contribution in [0.1, 0.15) is 25.6 Å². The average Bonchev–Trinajstić information content (AvgIpc) is 2.65. The minimum absolute atomic E-state index is 0.344. The molecule has 0 amide bonds. The fraction of sp³-hybridized carbons (Fsp3) is 0.667. The molecule has 84 valence electrons. The van der Waals surface area contributed by atoms with Gasteiger partial charge in [0.25, 0.3) is 0 Å². The summed E-state index contributed by atoms with van der Waals surface area (Å²) in [5, 5.41) is 16.3. The van der Waals surface area contributed by atoms with Crippen molar-refractivity contribution < 1.29 is 14.3 Å². The number of hydrogen-bond donors (Lipinski definition) is 1. The Morgan fingerprint density at radius 2 is 2.20 bits per heavy atom. The van der Waals surface area contributed by atoms with Gasteiger partial charge in [0.15, 0.2) is 0 Å². The lowest BCUT2D eigenvalue weighted by molar-refractivity contribution is -0.140. The van der Waals surface area contributed by atoms with Crippen LogP contribution in [-0.2, 0) is 17.0 Å². The van der Waals surface area contributed by atoms with Crippen LogP contribution in [0.25, 0.3) is 0 Å². The van der Waals surface area contributed by atoms with Crippen LogP contribution in [0.3, 0.4) is 0 Å². The SMILES string of the molecule is CCc1nnc(CSCC(C)C(=O)O)o1. The van der Waals surface area contributed by atoms with E-state index in [1.807, 2.05) is 6.92 Å². The third-order valence-electron chi connectivity index (χ3n) is 1.83. The van der Waals surface area contributed by atoms with Gasteiger partial charge < -0.3 is 9.52 Å². The van der Waals surface area contributed by atoms with E-state index in [0.717, 1.165) is 6.42 Å². The van der Waals surface area contributed by atoms with Crippen molar-refractivity contribution in [3.8, 4) is 0 Å². The van der Waals surface area contributed by atoms with Crippen LogP contribution in [0.4, 0.5) is 0 Å². The van der Waals surface area contributed by atoms with Crippen molar-refractivity contribution in [3.05, 3.63) is 11.8 Å². The minimum atomic E-state index is -0.776. The van der Waals surface area contributed by atoms with E-state index < -0.39 is 5.97 Å². The first-order valence-corrected chi connectivity index (χ1v) is 5.90. The van der Waals surface area contributed by atoms with Gasteiger partial charge in [-0.25, -0.2) is 0 Å². The first-order chi connectivity index (χ1) is 7.13. The Hall–Kier alpha value is -1.04. The average molecular weight is 230 g/mol. The van der Waals surface area contributed by atoms with Crippen molar-refractivity contribution in [2.24, 2.45) is 5.92 Å². The lowest BCUT2D eigenvalue weighted by Gasteiger charge is -2.02. The molecule has 1 heterocycles. The van der Waals surface area contributed by atoms with E-state index in [4.69, 9.17) is 9.52 Å². The second-order valence-electron chi connectivity index (χ2n) is 3.20. The van der Waals surface area contributed by atoms with E-state index in [2.05, 4.69) is 10.2 Å². The smallest absolute Gasteiger partial charge is 0.307 e. The van der Waals surface area contributed by atoms with Crippen molar-refractivity contribution in [2.45, 2.75) is 26.0 Å². The zero-order valence-electron chi connectivity index (χ0n) is 8.77. The van der Waals surface area contributed by atoms with Gasteiger partial charge in [0.05, 0.1) is 11.7 Å². The Labute approximate surface area is 92.3 Å². The third kappa shape index (κ3) is 3.91. The van der Waals surface area contributed by atoms with Crippen molar-refractivity contribution in [3.63, 3.8) is 0 Å². The van der Waals surface area contributed by atoms with Crippen molar-refractivity contribution in [1.29, 1.82) is 0 Å². The number of thioether (sulfide) groups is 1. The number of hydrogen-bond acceptors (Lipinski definition) is 5. The second-order valence-corrected chi connectivity index (χ2v) is 4.23. The Morgan fingerprint density at radius 3 is 2.73 bits per heavy atom. The van der Waals surface area contributed by atoms with Gasteiger partial charge in [0.2, 0.25) is 11.8 Å². The molecule has 1 unspecified atom stereocenters. The number of nitrogens with zero attached hydrogens (tertiary/aromatic N) is 2. The topological polar surface area (TPSA) is 76.2 Å². The highest BCUT2D eigenvalue weighted by Gasteiger charge is 2.11. The van der Waals surface area contributed by atoms with Gasteiger partial charge in [-0.1, -0.05) is 13.8 Å². The third-order valence-corrected chi connectivity index (χ3v) is 3.01. The molecule has 1 atom stereocenters. The Kier molecular flexibility index (Phi) is 4.61. The summed E-state index contributed by atoms with van der Waals surface area (Å²) in [7, 11) is 0. The molecular weight excluding hydrogens is 216 g/mol. The van der Waals surface area contributed by atoms with Gasteiger partial charge in [-0.05, 0) is 0 Å². The molecule has 0 radical (unpaired) electrons. The molecular formula is C9H14N2O3S. The number of aromatic nitrogens is 2. The van der Waals surface area contributed by atoms with Gasteiger partial charge in [-0.2, -0.15) is 11.8 Å². The lowest BCUT2D eigenvalue weighted by atomic mass is 10.2. The predicted octanol–water partition coefficient (Wildman–Crippen LogP) is 1.59. The van der Waals surface area contributed by atoms with Crippen molar-refractivity contribution in [2.75, 3.05) is 5.75 Å². The Bertz CT molecular complexity index is 327. The predicted molar refractivity (Wildman–Crippen MR) is 56.6 cm³/mol. The zero-order chi connectivity index (χ0) is 11.3. The first-order valence-electron chi connectivity index (χ1n) is 4.75. The summed E-state index contributed by atoms with van der Waals surface area (Å²) in [5.41, 5.74) is 0. The molecule has 1 N–H and O–H groups in total. The highest BCUT2D eigenvalue weighted by molar-refractivity contribution is 7.98. The molecule has 0 bridgehead atoms. The molecule has 1 aromatic rings. The van der Waals surface area contributed by atoms with Crippen LogP contribution >= 0.6 is 11.8 Å². The molecule has 1 rings (SSSR count). The first kappa shape index (κ1) is 12.0. The number of carboxylic acids is 1. The van der Waals surface area contributed by atoms with Crippen molar-refractivity contribution >= 4 is 17.7 Å². The highest BCUT2D eigenvalue weighted by Crippen LogP contribution is 2.14. The van der Waals surface area contributed by atoms with Gasteiger partial charge in [0, 0.05) is 12.2 Å². The van der Waals surface area contributed by atoms with Crippen LogP contribution < -0.4 is 0 Å². The number of rotatable bonds is 6. The van der Waals surface area contributed by atoms with Gasteiger partial charge >= 0.3 is 5.97 Å². The monoisotopic (exact) mass is 230 g/mol. The van der Waals surface area contributed by atoms with E-state index in [0.29, 0.717) is 23.3 Å². The molecule has 0 saturated heterocycles. The van der Waals surface area contributed by atoms with Gasteiger partial charge in [-0.15, -0.1) is 10.2 Å². The van der Waals surface area contributed by atoms with Crippen LogP contribution in [0.2, 0.25) is 0 Å².